The average molecular weight is 1320 g/mol. The molecule has 5 aromatic carbocycles. The molecule has 95 heavy (non-hydrogen) atoms. The number of para-hydroxylation sites is 1. The zero-order chi connectivity index (χ0) is 68.3. The van der Waals surface area contributed by atoms with Gasteiger partial charge in [0.25, 0.3) is 5.91 Å². The van der Waals surface area contributed by atoms with Crippen LogP contribution in [0.3, 0.4) is 0 Å². The largest absolute Gasteiger partial charge is 0.483 e. The molecule has 0 spiro atoms. The van der Waals surface area contributed by atoms with Crippen LogP contribution in [-0.2, 0) is 51.3 Å². The Morgan fingerprint density at radius 1 is 0.632 bits per heavy atom. The Balaban J connectivity index is 0.000000341. The fourth-order valence-electron chi connectivity index (χ4n) is 12.3. The lowest BCUT2D eigenvalue weighted by molar-refractivity contribution is -0.127. The van der Waals surface area contributed by atoms with Gasteiger partial charge in [-0.3, -0.25) is 14.4 Å². The third-order valence-corrected chi connectivity index (χ3v) is 18.4. The molecule has 7 rings (SSSR count). The highest BCUT2D eigenvalue weighted by Gasteiger charge is 2.38. The number of rotatable bonds is 34. The lowest BCUT2D eigenvalue weighted by Crippen LogP contribution is -2.57. The topological polar surface area (TPSA) is 220 Å². The third-order valence-electron chi connectivity index (χ3n) is 17.2. The second-order valence-electron chi connectivity index (χ2n) is 26.0. The number of urea groups is 2. The van der Waals surface area contributed by atoms with Gasteiger partial charge >= 0.3 is 18.2 Å². The zero-order valence-electron chi connectivity index (χ0n) is 57.2. The van der Waals surface area contributed by atoms with Crippen LogP contribution in [0, 0.1) is 37.5 Å². The zero-order valence-corrected chi connectivity index (χ0v) is 58.0. The number of nitrogens with zero attached hydrogens (tertiary/aromatic N) is 4. The Morgan fingerprint density at radius 3 is 1.57 bits per heavy atom. The van der Waals surface area contributed by atoms with Gasteiger partial charge in [-0.2, -0.15) is 0 Å². The lowest BCUT2D eigenvalue weighted by Gasteiger charge is -2.41. The summed E-state index contributed by atoms with van der Waals surface area (Å²) in [5.74, 6) is -0.0587. The quantitative estimate of drug-likeness (QED) is 0.0256. The van der Waals surface area contributed by atoms with Gasteiger partial charge in [-0.25, -0.2) is 19.4 Å². The van der Waals surface area contributed by atoms with E-state index < -0.39 is 42.5 Å². The van der Waals surface area contributed by atoms with Gasteiger partial charge in [-0.05, 0) is 130 Å². The number of hydrogen-bond acceptors (Lipinski definition) is 12. The molecule has 5 N–H and O–H groups in total. The summed E-state index contributed by atoms with van der Waals surface area (Å²) in [5.41, 5.74) is 6.77. The van der Waals surface area contributed by atoms with E-state index >= 15 is 0 Å². The number of amides is 6. The molecule has 0 saturated carbocycles. The van der Waals surface area contributed by atoms with Crippen molar-refractivity contribution in [1.82, 2.24) is 35.6 Å². The molecular formula is C77H107N7O10S. The number of aliphatic hydroxyl groups excluding tert-OH is 2. The van der Waals surface area contributed by atoms with Crippen molar-refractivity contribution in [3.63, 3.8) is 0 Å². The number of aromatic nitrogens is 1. The van der Waals surface area contributed by atoms with Crippen LogP contribution in [0.1, 0.15) is 145 Å². The molecule has 516 valence electrons. The number of carbonyl (C=O) groups is 6. The van der Waals surface area contributed by atoms with Crippen LogP contribution in [0.5, 0.6) is 5.75 Å². The number of aryl methyl sites for hydroxylation is 2. The first-order valence-corrected chi connectivity index (χ1v) is 34.4. The molecule has 2 heterocycles. The summed E-state index contributed by atoms with van der Waals surface area (Å²) in [6.07, 6.45) is 1.27. The molecular weight excluding hydrogens is 1210 g/mol. The molecule has 8 atom stereocenters. The van der Waals surface area contributed by atoms with Gasteiger partial charge in [0.2, 0.25) is 0 Å². The van der Waals surface area contributed by atoms with Crippen LogP contribution in [0.2, 0.25) is 0 Å². The van der Waals surface area contributed by atoms with Crippen LogP contribution in [0.4, 0.5) is 14.4 Å². The molecule has 1 aromatic heterocycles. The Kier molecular flexibility index (Phi) is 32.6. The number of carbonyl (C=O) groups excluding carboxylic acids is 6. The van der Waals surface area contributed by atoms with Gasteiger partial charge in [0.05, 0.1) is 60.2 Å². The SMILES string of the molecule is C.CCN1CCCN(C(C(=O)CC(Cc2ccccc2)CC(O)C(Cc2ccccc2)NC(=O)COc2c(C)cccc2C)C(C)C)C1=O.CCOC(=O)NC(Cc1ccccc1)C(O)CC(CC(=O)C(NC(=O)N(C)Cc1csc(C(C)C)n1)C(C)C)Cc1ccccc1. The van der Waals surface area contributed by atoms with Gasteiger partial charge < -0.3 is 50.3 Å². The Labute approximate surface area is 569 Å². The number of thiazole rings is 1. The molecule has 1 aliphatic heterocycles. The van der Waals surface area contributed by atoms with Crippen molar-refractivity contribution in [2.75, 3.05) is 39.9 Å². The first-order valence-electron chi connectivity index (χ1n) is 33.5. The Bertz CT molecular complexity index is 3260. The molecule has 8 unspecified atom stereocenters. The van der Waals surface area contributed by atoms with Gasteiger partial charge in [0.15, 0.2) is 18.2 Å². The number of alkyl carbamates (subject to hydrolysis) is 1. The Morgan fingerprint density at radius 2 is 1.12 bits per heavy atom. The minimum atomic E-state index is -0.946. The standard InChI is InChI=1S/C40H53N3O5.C36H50N4O5S.CH4/c1-6-42-21-14-22-43(40(42)47)38(28(2)3)36(45)26-33(23-31-17-9-7-10-18-31)25-35(44)34(24-32-19-11-8-12-20-32)41-37(46)27-48-39-29(4)15-13-16-30(39)5;1-7-45-36(44)38-30(19-27-16-12-9-13-17-27)31(41)20-28(18-26-14-10-8-11-15-26)21-32(42)33(24(2)3)39-35(43)40(6)22-29-23-46-34(37-29)25(4)5;/h7-13,15-20,28,33-35,38,44H,6,14,21-27H2,1-5H3,(H,41,46);8-17,23-25,28,30-31,33,41H,7,18-22H2,1-6H3,(H,38,44)(H,39,43);1H4. The van der Waals surface area contributed by atoms with Crippen LogP contribution >= 0.6 is 11.3 Å². The highest BCUT2D eigenvalue weighted by molar-refractivity contribution is 7.09. The van der Waals surface area contributed by atoms with E-state index in [9.17, 15) is 39.0 Å². The molecule has 1 fully saturated rings. The van der Waals surface area contributed by atoms with Crippen LogP contribution < -0.4 is 20.7 Å². The van der Waals surface area contributed by atoms with E-state index in [1.54, 1.807) is 40.0 Å². The minimum Gasteiger partial charge on any atom is -0.483 e. The minimum absolute atomic E-state index is 0. The summed E-state index contributed by atoms with van der Waals surface area (Å²) in [5, 5.41) is 35.2. The highest BCUT2D eigenvalue weighted by atomic mass is 32.1. The summed E-state index contributed by atoms with van der Waals surface area (Å²) in [7, 11) is 1.70. The summed E-state index contributed by atoms with van der Waals surface area (Å²) < 4.78 is 11.1. The number of ether oxygens (including phenoxy) is 2. The molecule has 18 heteroatoms. The van der Waals surface area contributed by atoms with Crippen molar-refractivity contribution in [2.45, 2.75) is 183 Å². The first-order chi connectivity index (χ1) is 45.0. The van der Waals surface area contributed by atoms with E-state index in [0.29, 0.717) is 70.0 Å². The number of Topliss-reactive ketones (excluding diaryl/α,β-unsaturated/α-hetero) is 2. The fraction of sp³-hybridized carbons (Fsp3) is 0.494. The second kappa shape index (κ2) is 39.8. The first kappa shape index (κ1) is 77.8. The number of nitrogens with one attached hydrogen (secondary N) is 3. The monoisotopic (exact) mass is 1320 g/mol. The summed E-state index contributed by atoms with van der Waals surface area (Å²) in [6, 6.07) is 42.2. The van der Waals surface area contributed by atoms with E-state index in [-0.39, 0.29) is 93.1 Å². The lowest BCUT2D eigenvalue weighted by atomic mass is 9.83. The number of ketones is 2. The molecule has 6 aromatic rings. The molecule has 0 aliphatic carbocycles. The van der Waals surface area contributed by atoms with Gasteiger partial charge in [0, 0.05) is 50.8 Å². The summed E-state index contributed by atoms with van der Waals surface area (Å²) >= 11 is 1.58. The van der Waals surface area contributed by atoms with Crippen molar-refractivity contribution < 1.29 is 48.5 Å². The smallest absolute Gasteiger partial charge is 0.407 e. The highest BCUT2D eigenvalue weighted by Crippen LogP contribution is 2.29. The number of benzene rings is 5. The molecule has 1 saturated heterocycles. The third kappa shape index (κ3) is 25.3. The predicted molar refractivity (Wildman–Crippen MR) is 379 cm³/mol. The summed E-state index contributed by atoms with van der Waals surface area (Å²) in [4.78, 5) is 90.0. The van der Waals surface area contributed by atoms with E-state index in [1.165, 1.54) is 0 Å². The maximum absolute atomic E-state index is 14.1. The van der Waals surface area contributed by atoms with E-state index in [2.05, 4.69) is 34.8 Å². The van der Waals surface area contributed by atoms with Crippen molar-refractivity contribution in [2.24, 2.45) is 23.7 Å². The van der Waals surface area contributed by atoms with Crippen LogP contribution in [0.15, 0.2) is 145 Å². The van der Waals surface area contributed by atoms with Crippen LogP contribution in [-0.4, -0.2) is 142 Å². The van der Waals surface area contributed by atoms with Gasteiger partial charge in [-0.1, -0.05) is 188 Å². The fourth-order valence-corrected chi connectivity index (χ4v) is 13.2. The second-order valence-corrected chi connectivity index (χ2v) is 26.9. The van der Waals surface area contributed by atoms with E-state index in [1.807, 2.05) is 193 Å². The number of aliphatic hydroxyl groups is 2. The van der Waals surface area contributed by atoms with Crippen molar-refractivity contribution in [1.29, 1.82) is 0 Å². The summed E-state index contributed by atoms with van der Waals surface area (Å²) in [6.45, 7) is 21.8. The molecule has 0 bridgehead atoms. The van der Waals surface area contributed by atoms with Gasteiger partial charge in [-0.15, -0.1) is 11.3 Å². The maximum Gasteiger partial charge on any atom is 0.407 e. The molecule has 6 amide bonds. The molecule has 0 radical (unpaired) electrons. The normalized spacial score (nSPS) is 14.8. The van der Waals surface area contributed by atoms with E-state index in [4.69, 9.17) is 9.47 Å². The van der Waals surface area contributed by atoms with Crippen molar-refractivity contribution in [3.05, 3.63) is 189 Å². The maximum atomic E-state index is 14.1. The predicted octanol–water partition coefficient (Wildman–Crippen LogP) is 13.1. The van der Waals surface area contributed by atoms with Gasteiger partial charge in [0.1, 0.15) is 5.75 Å². The van der Waals surface area contributed by atoms with Crippen molar-refractivity contribution >= 4 is 47.0 Å². The Hall–Kier alpha value is -7.93. The molecule has 1 aliphatic rings. The van der Waals surface area contributed by atoms with Crippen LogP contribution in [0.25, 0.3) is 0 Å². The van der Waals surface area contributed by atoms with Crippen molar-refractivity contribution in [3.8, 4) is 5.75 Å². The molecule has 17 nitrogen and oxygen atoms in total. The average Bonchev–Trinajstić information content (AvgIpc) is 1.32. The number of hydrogen-bond donors (Lipinski definition) is 5. The van der Waals surface area contributed by atoms with E-state index in [0.717, 1.165) is 50.5 Å².